The van der Waals surface area contributed by atoms with Crippen molar-refractivity contribution in [2.24, 2.45) is 0 Å². The number of benzene rings is 4. The Morgan fingerprint density at radius 1 is 0.919 bits per heavy atom. The van der Waals surface area contributed by atoms with Crippen molar-refractivity contribution in [2.45, 2.75) is 13.5 Å². The normalized spacial score (nSPS) is 14.5. The molecule has 37 heavy (non-hydrogen) atoms. The maximum absolute atomic E-state index is 13.4. The molecule has 1 saturated heterocycles. The van der Waals surface area contributed by atoms with E-state index >= 15 is 0 Å². The molecule has 0 unspecified atom stereocenters. The third kappa shape index (κ3) is 4.56. The second-order valence-corrected chi connectivity index (χ2v) is 8.55. The molecule has 0 radical (unpaired) electrons. The Labute approximate surface area is 213 Å². The minimum atomic E-state index is -0.807. The van der Waals surface area contributed by atoms with Crippen LogP contribution in [0.4, 0.5) is 10.5 Å². The summed E-state index contributed by atoms with van der Waals surface area (Å²) in [4.78, 5) is 39.8. The Bertz CT molecular complexity index is 1630. The number of hydrogen-bond acceptors (Lipinski definition) is 5. The van der Waals surface area contributed by atoms with Gasteiger partial charge in [0.05, 0.1) is 17.3 Å². The molecular weight excluding hydrogens is 466 g/mol. The number of fused-ring (bicyclic) bond motifs is 1. The Morgan fingerprint density at radius 2 is 1.65 bits per heavy atom. The Morgan fingerprint density at radius 3 is 2.43 bits per heavy atom. The summed E-state index contributed by atoms with van der Waals surface area (Å²) in [5.41, 5.74) is 2.85. The van der Waals surface area contributed by atoms with Crippen LogP contribution < -0.4 is 15.0 Å². The SMILES string of the molecule is Cc1ccc(N2C(=O)NC(=O)/C(=C\c3c(OCc4ccccc4C#N)ccc4ccccc34)C2=O)cc1. The van der Waals surface area contributed by atoms with Gasteiger partial charge in [-0.25, -0.2) is 9.69 Å². The Kier molecular flexibility index (Phi) is 6.23. The van der Waals surface area contributed by atoms with E-state index in [1.54, 1.807) is 48.5 Å². The lowest BCUT2D eigenvalue weighted by Crippen LogP contribution is -2.54. The van der Waals surface area contributed by atoms with Crippen LogP contribution in [0.3, 0.4) is 0 Å². The third-order valence-electron chi connectivity index (χ3n) is 6.13. The fourth-order valence-electron chi connectivity index (χ4n) is 4.19. The van der Waals surface area contributed by atoms with Crippen LogP contribution >= 0.6 is 0 Å². The smallest absolute Gasteiger partial charge is 0.335 e. The molecule has 0 atom stereocenters. The first-order valence-electron chi connectivity index (χ1n) is 11.6. The summed E-state index contributed by atoms with van der Waals surface area (Å²) < 4.78 is 6.11. The predicted molar refractivity (Wildman–Crippen MR) is 140 cm³/mol. The fraction of sp³-hybridized carbons (Fsp3) is 0.0667. The van der Waals surface area contributed by atoms with Crippen LogP contribution in [-0.2, 0) is 16.2 Å². The molecule has 1 aliphatic heterocycles. The van der Waals surface area contributed by atoms with Gasteiger partial charge >= 0.3 is 6.03 Å². The van der Waals surface area contributed by atoms with Crippen LogP contribution in [0.2, 0.25) is 0 Å². The lowest BCUT2D eigenvalue weighted by molar-refractivity contribution is -0.122. The lowest BCUT2D eigenvalue weighted by atomic mass is 9.99. The molecule has 0 aromatic heterocycles. The van der Waals surface area contributed by atoms with Crippen molar-refractivity contribution in [1.82, 2.24) is 5.32 Å². The number of aryl methyl sites for hydroxylation is 1. The summed E-state index contributed by atoms with van der Waals surface area (Å²) >= 11 is 0. The molecule has 7 nitrogen and oxygen atoms in total. The van der Waals surface area contributed by atoms with Crippen LogP contribution in [0.5, 0.6) is 5.75 Å². The molecule has 0 saturated carbocycles. The number of rotatable bonds is 5. The number of carbonyl (C=O) groups is 3. The highest BCUT2D eigenvalue weighted by Gasteiger charge is 2.37. The highest BCUT2D eigenvalue weighted by atomic mass is 16.5. The van der Waals surface area contributed by atoms with E-state index in [4.69, 9.17) is 4.74 Å². The number of ether oxygens (including phenoxy) is 1. The van der Waals surface area contributed by atoms with Gasteiger partial charge in [0.15, 0.2) is 0 Å². The van der Waals surface area contributed by atoms with Crippen LogP contribution in [0.1, 0.15) is 22.3 Å². The van der Waals surface area contributed by atoms with Crippen molar-refractivity contribution in [2.75, 3.05) is 4.90 Å². The molecule has 1 aliphatic rings. The van der Waals surface area contributed by atoms with Gasteiger partial charge in [-0.05, 0) is 48.0 Å². The molecule has 1 fully saturated rings. The van der Waals surface area contributed by atoms with Gasteiger partial charge in [0, 0.05) is 11.1 Å². The molecule has 4 amide bonds. The first-order chi connectivity index (χ1) is 18.0. The van der Waals surface area contributed by atoms with Crippen molar-refractivity contribution < 1.29 is 19.1 Å². The average molecular weight is 488 g/mol. The molecule has 180 valence electrons. The quantitative estimate of drug-likeness (QED) is 0.306. The minimum absolute atomic E-state index is 0.117. The summed E-state index contributed by atoms with van der Waals surface area (Å²) in [7, 11) is 0. The van der Waals surface area contributed by atoms with Gasteiger partial charge in [-0.2, -0.15) is 5.26 Å². The van der Waals surface area contributed by atoms with Crippen molar-refractivity contribution in [3.8, 4) is 11.8 Å². The maximum Gasteiger partial charge on any atom is 0.335 e. The van der Waals surface area contributed by atoms with Crippen molar-refractivity contribution in [3.63, 3.8) is 0 Å². The molecule has 7 heteroatoms. The molecule has 4 aromatic carbocycles. The molecule has 4 aromatic rings. The topological polar surface area (TPSA) is 99.5 Å². The summed E-state index contributed by atoms with van der Waals surface area (Å²) in [6.07, 6.45) is 1.46. The Hall–Kier alpha value is -5.22. The van der Waals surface area contributed by atoms with Gasteiger partial charge < -0.3 is 4.74 Å². The number of nitrogens with one attached hydrogen (secondary N) is 1. The summed E-state index contributed by atoms with van der Waals surface area (Å²) in [5, 5.41) is 13.3. The monoisotopic (exact) mass is 487 g/mol. The Balaban J connectivity index is 1.59. The molecule has 0 aliphatic carbocycles. The zero-order valence-corrected chi connectivity index (χ0v) is 19.9. The van der Waals surface area contributed by atoms with Crippen LogP contribution in [0, 0.1) is 18.3 Å². The summed E-state index contributed by atoms with van der Waals surface area (Å²) in [6.45, 7) is 2.01. The first kappa shape index (κ1) is 23.5. The van der Waals surface area contributed by atoms with E-state index in [0.29, 0.717) is 28.1 Å². The van der Waals surface area contributed by atoms with Crippen molar-refractivity contribution >= 4 is 40.4 Å². The van der Waals surface area contributed by atoms with Gasteiger partial charge in [0.25, 0.3) is 11.8 Å². The van der Waals surface area contributed by atoms with E-state index in [1.165, 1.54) is 6.08 Å². The maximum atomic E-state index is 13.4. The van der Waals surface area contributed by atoms with E-state index in [0.717, 1.165) is 21.2 Å². The molecule has 0 bridgehead atoms. The highest BCUT2D eigenvalue weighted by molar-refractivity contribution is 6.39. The van der Waals surface area contributed by atoms with E-state index in [-0.39, 0.29) is 12.2 Å². The summed E-state index contributed by atoms with van der Waals surface area (Å²) in [5.74, 6) is -1.09. The lowest BCUT2D eigenvalue weighted by Gasteiger charge is -2.26. The third-order valence-corrected chi connectivity index (χ3v) is 6.13. The standard InChI is InChI=1S/C30H21N3O4/c1-19-10-13-23(14-11-19)33-29(35)26(28(34)32-30(33)36)16-25-24-9-5-4-6-20(24)12-15-27(25)37-18-22-8-3-2-7-21(22)17-31/h2-16H,18H2,1H3,(H,32,34,36)/b26-16+. The fourth-order valence-corrected chi connectivity index (χ4v) is 4.19. The molecular formula is C30H21N3O4. The number of hydrogen-bond donors (Lipinski definition) is 1. The second kappa shape index (κ2) is 9.80. The molecule has 0 spiro atoms. The highest BCUT2D eigenvalue weighted by Crippen LogP contribution is 2.32. The average Bonchev–Trinajstić information content (AvgIpc) is 2.91. The van der Waals surface area contributed by atoms with Gasteiger partial charge in [-0.15, -0.1) is 0 Å². The molecule has 5 rings (SSSR count). The van der Waals surface area contributed by atoms with Crippen LogP contribution in [0.25, 0.3) is 16.8 Å². The van der Waals surface area contributed by atoms with Crippen LogP contribution in [0.15, 0.2) is 90.5 Å². The number of carbonyl (C=O) groups excluding carboxylic acids is 3. The van der Waals surface area contributed by atoms with Gasteiger partial charge in [-0.3, -0.25) is 14.9 Å². The number of barbiturate groups is 1. The van der Waals surface area contributed by atoms with Crippen LogP contribution in [-0.4, -0.2) is 17.8 Å². The van der Waals surface area contributed by atoms with Crippen molar-refractivity contribution in [3.05, 3.63) is 113 Å². The van der Waals surface area contributed by atoms with Crippen molar-refractivity contribution in [1.29, 1.82) is 5.26 Å². The zero-order chi connectivity index (χ0) is 25.9. The number of amides is 4. The molecule has 1 N–H and O–H groups in total. The number of nitriles is 1. The van der Waals surface area contributed by atoms with Gasteiger partial charge in [0.1, 0.15) is 17.9 Å². The zero-order valence-electron chi connectivity index (χ0n) is 19.9. The second-order valence-electron chi connectivity index (χ2n) is 8.55. The number of anilines is 1. The number of urea groups is 1. The van der Waals surface area contributed by atoms with E-state index in [1.807, 2.05) is 43.3 Å². The summed E-state index contributed by atoms with van der Waals surface area (Å²) in [6, 6.07) is 26.5. The van der Waals surface area contributed by atoms with Gasteiger partial charge in [-0.1, -0.05) is 66.2 Å². The van der Waals surface area contributed by atoms with E-state index in [9.17, 15) is 19.6 Å². The largest absolute Gasteiger partial charge is 0.488 e. The van der Waals surface area contributed by atoms with E-state index < -0.39 is 17.8 Å². The number of nitrogens with zero attached hydrogens (tertiary/aromatic N) is 2. The first-order valence-corrected chi connectivity index (χ1v) is 11.6. The number of imide groups is 2. The molecule has 1 heterocycles. The minimum Gasteiger partial charge on any atom is -0.488 e. The van der Waals surface area contributed by atoms with Gasteiger partial charge in [0.2, 0.25) is 0 Å². The van der Waals surface area contributed by atoms with E-state index in [2.05, 4.69) is 11.4 Å². The predicted octanol–water partition coefficient (Wildman–Crippen LogP) is 5.27.